The molecule has 1 aliphatic carbocycles. The molecule has 0 bridgehead atoms. The second-order valence-corrected chi connectivity index (χ2v) is 6.09. The van der Waals surface area contributed by atoms with Gasteiger partial charge in [-0.15, -0.1) is 11.3 Å². The lowest BCUT2D eigenvalue weighted by molar-refractivity contribution is 0.0951. The van der Waals surface area contributed by atoms with E-state index in [2.05, 4.69) is 0 Å². The summed E-state index contributed by atoms with van der Waals surface area (Å²) in [6.07, 6.45) is 2.85. The number of ketones is 1. The molecule has 1 unspecified atom stereocenters. The monoisotopic (exact) mass is 294 g/mol. The van der Waals surface area contributed by atoms with Crippen LogP contribution < -0.4 is 0 Å². The summed E-state index contributed by atoms with van der Waals surface area (Å²) in [5.41, 5.74) is 1.40. The van der Waals surface area contributed by atoms with E-state index in [-0.39, 0.29) is 16.7 Å². The van der Waals surface area contributed by atoms with Crippen LogP contribution in [0.5, 0.6) is 0 Å². The zero-order chi connectivity index (χ0) is 13.4. The first-order chi connectivity index (χ1) is 9.18. The summed E-state index contributed by atoms with van der Waals surface area (Å²) >= 11 is 7.60. The number of hydrogen-bond acceptors (Lipinski definition) is 2. The molecule has 0 saturated carbocycles. The van der Waals surface area contributed by atoms with Crippen molar-refractivity contribution in [3.05, 3.63) is 56.5 Å². The molecule has 0 spiro atoms. The summed E-state index contributed by atoms with van der Waals surface area (Å²) in [4.78, 5) is 13.9. The van der Waals surface area contributed by atoms with Crippen molar-refractivity contribution in [3.8, 4) is 0 Å². The predicted octanol–water partition coefficient (Wildman–Crippen LogP) is 4.84. The number of hydrogen-bond donors (Lipinski definition) is 0. The summed E-state index contributed by atoms with van der Waals surface area (Å²) in [6.45, 7) is 0. The Morgan fingerprint density at radius 3 is 3.05 bits per heavy atom. The van der Waals surface area contributed by atoms with Gasteiger partial charge in [0.05, 0.1) is 5.02 Å². The molecular formula is C15H12ClFOS. The molecule has 4 heteroatoms. The van der Waals surface area contributed by atoms with E-state index in [1.54, 1.807) is 17.4 Å². The molecule has 1 aromatic heterocycles. The molecule has 1 aliphatic rings. The number of rotatable bonds is 2. The number of halogens is 2. The van der Waals surface area contributed by atoms with Gasteiger partial charge in [-0.2, -0.15) is 0 Å². The molecule has 19 heavy (non-hydrogen) atoms. The third-order valence-corrected chi connectivity index (χ3v) is 4.97. The van der Waals surface area contributed by atoms with E-state index in [4.69, 9.17) is 11.6 Å². The Morgan fingerprint density at radius 2 is 2.21 bits per heavy atom. The molecule has 1 aromatic carbocycles. The Morgan fingerprint density at radius 1 is 1.37 bits per heavy atom. The predicted molar refractivity (Wildman–Crippen MR) is 75.7 cm³/mol. The van der Waals surface area contributed by atoms with Crippen molar-refractivity contribution in [2.24, 2.45) is 0 Å². The first-order valence-electron chi connectivity index (χ1n) is 6.23. The fourth-order valence-electron chi connectivity index (χ4n) is 2.64. The average molecular weight is 295 g/mol. The number of carbonyl (C=O) groups is 1. The SMILES string of the molecule is O=C(c1cccc(F)c1Cl)C1CCCc2sccc21. The van der Waals surface area contributed by atoms with Gasteiger partial charge in [-0.25, -0.2) is 4.39 Å². The lowest BCUT2D eigenvalue weighted by atomic mass is 9.82. The minimum Gasteiger partial charge on any atom is -0.293 e. The van der Waals surface area contributed by atoms with Gasteiger partial charge in [-0.3, -0.25) is 4.79 Å². The van der Waals surface area contributed by atoms with Gasteiger partial charge < -0.3 is 0 Å². The van der Waals surface area contributed by atoms with Crippen LogP contribution in [0.15, 0.2) is 29.6 Å². The second kappa shape index (κ2) is 5.06. The average Bonchev–Trinajstić information content (AvgIpc) is 2.89. The number of carbonyl (C=O) groups excluding carboxylic acids is 1. The van der Waals surface area contributed by atoms with Crippen molar-refractivity contribution < 1.29 is 9.18 Å². The van der Waals surface area contributed by atoms with Crippen LogP contribution in [0, 0.1) is 5.82 Å². The highest BCUT2D eigenvalue weighted by atomic mass is 35.5. The molecule has 0 fully saturated rings. The zero-order valence-electron chi connectivity index (χ0n) is 10.2. The van der Waals surface area contributed by atoms with Gasteiger partial charge in [0.2, 0.25) is 0 Å². The van der Waals surface area contributed by atoms with E-state index in [1.165, 1.54) is 17.0 Å². The summed E-state index contributed by atoms with van der Waals surface area (Å²) in [5, 5.41) is 1.96. The van der Waals surface area contributed by atoms with Gasteiger partial charge in [0, 0.05) is 16.4 Å². The van der Waals surface area contributed by atoms with E-state index < -0.39 is 5.82 Å². The van der Waals surface area contributed by atoms with Crippen molar-refractivity contribution in [1.29, 1.82) is 0 Å². The molecule has 1 heterocycles. The van der Waals surface area contributed by atoms with Crippen LogP contribution in [0.4, 0.5) is 4.39 Å². The summed E-state index contributed by atoms with van der Waals surface area (Å²) < 4.78 is 13.5. The molecule has 1 atom stereocenters. The number of thiophene rings is 1. The fraction of sp³-hybridized carbons (Fsp3) is 0.267. The van der Waals surface area contributed by atoms with Crippen LogP contribution in [0.1, 0.15) is 39.6 Å². The maximum Gasteiger partial charge on any atom is 0.171 e. The number of benzene rings is 1. The van der Waals surface area contributed by atoms with E-state index in [9.17, 15) is 9.18 Å². The van der Waals surface area contributed by atoms with Gasteiger partial charge in [0.15, 0.2) is 5.78 Å². The maximum absolute atomic E-state index is 13.5. The first-order valence-corrected chi connectivity index (χ1v) is 7.48. The van der Waals surface area contributed by atoms with Gasteiger partial charge in [-0.05, 0) is 48.4 Å². The molecule has 3 rings (SSSR count). The van der Waals surface area contributed by atoms with Crippen molar-refractivity contribution >= 4 is 28.7 Å². The van der Waals surface area contributed by atoms with Crippen molar-refractivity contribution in [2.75, 3.05) is 0 Å². The molecule has 0 saturated heterocycles. The lowest BCUT2D eigenvalue weighted by Gasteiger charge is -2.21. The van der Waals surface area contributed by atoms with E-state index in [0.29, 0.717) is 5.56 Å². The molecule has 0 amide bonds. The Hall–Kier alpha value is -1.19. The van der Waals surface area contributed by atoms with Crippen LogP contribution >= 0.6 is 22.9 Å². The number of aryl methyl sites for hydroxylation is 1. The highest BCUT2D eigenvalue weighted by molar-refractivity contribution is 7.10. The topological polar surface area (TPSA) is 17.1 Å². The van der Waals surface area contributed by atoms with Crippen molar-refractivity contribution in [2.45, 2.75) is 25.2 Å². The highest BCUT2D eigenvalue weighted by Gasteiger charge is 2.29. The van der Waals surface area contributed by atoms with Crippen molar-refractivity contribution in [1.82, 2.24) is 0 Å². The van der Waals surface area contributed by atoms with E-state index >= 15 is 0 Å². The van der Waals surface area contributed by atoms with Crippen LogP contribution in [-0.2, 0) is 6.42 Å². The Balaban J connectivity index is 2.00. The summed E-state index contributed by atoms with van der Waals surface area (Å²) in [7, 11) is 0. The van der Waals surface area contributed by atoms with Crippen LogP contribution in [0.25, 0.3) is 0 Å². The largest absolute Gasteiger partial charge is 0.293 e. The first kappa shape index (κ1) is 12.8. The quantitative estimate of drug-likeness (QED) is 0.724. The minimum absolute atomic E-state index is 0.0603. The standard InChI is InChI=1S/C15H12ClFOS/c16-14-11(4-1-5-12(14)17)15(18)10-3-2-6-13-9(10)7-8-19-13/h1,4-5,7-8,10H,2-3,6H2. The smallest absolute Gasteiger partial charge is 0.171 e. The van der Waals surface area contributed by atoms with E-state index in [0.717, 1.165) is 24.8 Å². The molecule has 0 N–H and O–H groups in total. The highest BCUT2D eigenvalue weighted by Crippen LogP contribution is 2.38. The summed E-state index contributed by atoms with van der Waals surface area (Å²) in [5.74, 6) is -0.771. The normalized spacial score (nSPS) is 18.1. The maximum atomic E-state index is 13.5. The Bertz CT molecular complexity index is 635. The molecule has 1 nitrogen and oxygen atoms in total. The molecule has 0 aliphatic heterocycles. The Kier molecular flexibility index (Phi) is 3.42. The summed E-state index contributed by atoms with van der Waals surface area (Å²) in [6, 6.07) is 6.42. The van der Waals surface area contributed by atoms with Crippen LogP contribution in [0.3, 0.4) is 0 Å². The van der Waals surface area contributed by atoms with Crippen LogP contribution in [-0.4, -0.2) is 5.78 Å². The molecule has 2 aromatic rings. The van der Waals surface area contributed by atoms with Gasteiger partial charge in [0.1, 0.15) is 5.82 Å². The lowest BCUT2D eigenvalue weighted by Crippen LogP contribution is -2.18. The number of fused-ring (bicyclic) bond motifs is 1. The van der Waals surface area contributed by atoms with Gasteiger partial charge >= 0.3 is 0 Å². The molecule has 98 valence electrons. The van der Waals surface area contributed by atoms with Gasteiger partial charge in [-0.1, -0.05) is 17.7 Å². The van der Waals surface area contributed by atoms with Crippen LogP contribution in [0.2, 0.25) is 5.02 Å². The molecule has 0 radical (unpaired) electrons. The Labute approximate surface area is 120 Å². The fourth-order valence-corrected chi connectivity index (χ4v) is 3.85. The zero-order valence-corrected chi connectivity index (χ0v) is 11.7. The van der Waals surface area contributed by atoms with Gasteiger partial charge in [0.25, 0.3) is 0 Å². The third kappa shape index (κ3) is 2.21. The third-order valence-electron chi connectivity index (χ3n) is 3.59. The molecular weight excluding hydrogens is 283 g/mol. The number of Topliss-reactive ketones (excluding diaryl/α,β-unsaturated/α-hetero) is 1. The minimum atomic E-state index is -0.533. The second-order valence-electron chi connectivity index (χ2n) is 4.71. The van der Waals surface area contributed by atoms with Crippen molar-refractivity contribution in [3.63, 3.8) is 0 Å². The van der Waals surface area contributed by atoms with E-state index in [1.807, 2.05) is 11.4 Å².